The van der Waals surface area contributed by atoms with Crippen LogP contribution in [0.5, 0.6) is 0 Å². The first kappa shape index (κ1) is 14.6. The molecule has 4 aliphatic rings. The summed E-state index contributed by atoms with van der Waals surface area (Å²) in [6.45, 7) is 0.610. The second kappa shape index (κ2) is 5.28. The van der Waals surface area contributed by atoms with E-state index in [4.69, 9.17) is 11.6 Å². The number of hydrogen-bond donors (Lipinski definition) is 0. The lowest BCUT2D eigenvalue weighted by atomic mass is 10.1. The predicted molar refractivity (Wildman–Crippen MR) is 81.9 cm³/mol. The molecule has 4 aliphatic heterocycles. The van der Waals surface area contributed by atoms with Crippen LogP contribution in [0, 0.1) is 0 Å². The maximum absolute atomic E-state index is 11.6. The van der Waals surface area contributed by atoms with Gasteiger partial charge >= 0.3 is 0 Å². The zero-order valence-electron chi connectivity index (χ0n) is 11.9. The zero-order valence-corrected chi connectivity index (χ0v) is 13.5. The molecule has 0 aromatic rings. The van der Waals surface area contributed by atoms with Crippen molar-refractivity contribution < 1.29 is 19.3 Å². The highest BCUT2D eigenvalue weighted by molar-refractivity contribution is 8.00. The smallest absolute Gasteiger partial charge is 0.281 e. The largest absolute Gasteiger partial charge is 0.543 e. The minimum Gasteiger partial charge on any atom is -0.543 e. The molecule has 0 bridgehead atoms. The van der Waals surface area contributed by atoms with Gasteiger partial charge in [0.05, 0.1) is 35.9 Å². The Hall–Kier alpha value is -1.99. The number of hydrogen-bond acceptors (Lipinski definition) is 4. The Morgan fingerprint density at radius 2 is 2.30 bits per heavy atom. The summed E-state index contributed by atoms with van der Waals surface area (Å²) in [6.07, 6.45) is 7.70. The van der Waals surface area contributed by atoms with E-state index in [1.807, 2.05) is 39.9 Å². The molecule has 118 valence electrons. The third-order valence-electron chi connectivity index (χ3n) is 4.05. The quantitative estimate of drug-likeness (QED) is 0.585. The molecule has 6 nitrogen and oxygen atoms in total. The van der Waals surface area contributed by atoms with Gasteiger partial charge in [0.25, 0.3) is 5.15 Å². The van der Waals surface area contributed by atoms with E-state index in [0.29, 0.717) is 18.1 Å². The van der Waals surface area contributed by atoms with Crippen LogP contribution in [-0.4, -0.2) is 32.0 Å². The van der Waals surface area contributed by atoms with Crippen molar-refractivity contribution in [1.82, 2.24) is 9.47 Å². The van der Waals surface area contributed by atoms with Crippen molar-refractivity contribution in [3.05, 3.63) is 47.6 Å². The van der Waals surface area contributed by atoms with Crippen molar-refractivity contribution >= 4 is 35.2 Å². The van der Waals surface area contributed by atoms with Crippen LogP contribution in [0.2, 0.25) is 5.15 Å². The van der Waals surface area contributed by atoms with E-state index < -0.39 is 5.97 Å². The number of fused-ring (bicyclic) bond motifs is 2. The zero-order chi connectivity index (χ0) is 16.1. The van der Waals surface area contributed by atoms with E-state index in [0.717, 1.165) is 5.69 Å². The number of aromatic nitrogens is 2. The topological polar surface area (TPSA) is 69.2 Å². The number of β-lactam (4-membered cyclic amide) rings is 1. The molecule has 0 spiro atoms. The van der Waals surface area contributed by atoms with Gasteiger partial charge < -0.3 is 14.5 Å². The van der Waals surface area contributed by atoms with Crippen molar-refractivity contribution in [2.75, 3.05) is 0 Å². The predicted octanol–water partition coefficient (Wildman–Crippen LogP) is 0.164. The van der Waals surface area contributed by atoms with Crippen molar-refractivity contribution in [3.8, 4) is 5.69 Å². The Kier molecular flexibility index (Phi) is 3.35. The summed E-state index contributed by atoms with van der Waals surface area (Å²) in [5.41, 5.74) is 0.949. The highest BCUT2D eigenvalue weighted by atomic mass is 35.5. The number of carbonyl (C=O) groups is 2. The summed E-state index contributed by atoms with van der Waals surface area (Å²) < 4.78 is 3.85. The summed E-state index contributed by atoms with van der Waals surface area (Å²) in [5, 5.41) is 11.8. The number of nitrogens with zero attached hydrogens (tertiary/aromatic N) is 3. The molecule has 0 aliphatic carbocycles. The van der Waals surface area contributed by atoms with Gasteiger partial charge in [0.15, 0.2) is 6.20 Å². The summed E-state index contributed by atoms with van der Waals surface area (Å²) >= 11 is 7.65. The van der Waals surface area contributed by atoms with E-state index in [2.05, 4.69) is 0 Å². The summed E-state index contributed by atoms with van der Waals surface area (Å²) in [6, 6.07) is 3.74. The van der Waals surface area contributed by atoms with E-state index >= 15 is 0 Å². The molecule has 0 saturated carbocycles. The van der Waals surface area contributed by atoms with Crippen LogP contribution in [0.25, 0.3) is 5.69 Å². The van der Waals surface area contributed by atoms with Crippen LogP contribution in [0.15, 0.2) is 42.5 Å². The lowest BCUT2D eigenvalue weighted by Gasteiger charge is -2.46. The molecule has 0 aromatic heterocycles. The molecule has 1 unspecified atom stereocenters. The minimum atomic E-state index is -1.30. The molecule has 1 fully saturated rings. The SMILES string of the molecule is O=C([O-])C1=CC(Cn2cc[n+]3c(Cl)ccc-3c2)S[C@@H]2CC(=O)N12. The number of carboxylic acid groups (broad SMARTS) is 1. The third-order valence-corrected chi connectivity index (χ3v) is 5.68. The van der Waals surface area contributed by atoms with E-state index in [-0.39, 0.29) is 22.2 Å². The van der Waals surface area contributed by atoms with Gasteiger partial charge in [-0.25, -0.2) is 0 Å². The van der Waals surface area contributed by atoms with Gasteiger partial charge in [-0.15, -0.1) is 16.3 Å². The molecule has 1 amide bonds. The normalized spacial score (nSPS) is 23.4. The van der Waals surface area contributed by atoms with Gasteiger partial charge in [0.1, 0.15) is 0 Å². The number of halogens is 1. The summed E-state index contributed by atoms with van der Waals surface area (Å²) in [4.78, 5) is 24.1. The van der Waals surface area contributed by atoms with Crippen molar-refractivity contribution in [3.63, 3.8) is 0 Å². The fourth-order valence-electron chi connectivity index (χ4n) is 2.93. The second-order valence-electron chi connectivity index (χ2n) is 5.51. The number of rotatable bonds is 3. The van der Waals surface area contributed by atoms with E-state index in [1.54, 1.807) is 17.8 Å². The minimum absolute atomic E-state index is 0.0117. The van der Waals surface area contributed by atoms with Crippen molar-refractivity contribution in [2.45, 2.75) is 23.6 Å². The average Bonchev–Trinajstić information content (AvgIpc) is 2.86. The summed E-state index contributed by atoms with van der Waals surface area (Å²) in [7, 11) is 0. The fourth-order valence-corrected chi connectivity index (χ4v) is 4.61. The van der Waals surface area contributed by atoms with Crippen LogP contribution in [0.3, 0.4) is 0 Å². The van der Waals surface area contributed by atoms with Gasteiger partial charge in [-0.1, -0.05) is 0 Å². The lowest BCUT2D eigenvalue weighted by Crippen LogP contribution is -2.56. The summed E-state index contributed by atoms with van der Waals surface area (Å²) in [5.74, 6) is -1.46. The molecule has 0 aromatic carbocycles. The maximum Gasteiger partial charge on any atom is 0.281 e. The standard InChI is InChI=1S/C15H12ClN3O3S/c16-12-2-1-9-7-17(3-4-18(9)12)8-10-5-11(15(21)22)19-13(20)6-14(19)23-10/h1-5,7,10,14H,6,8H2/t10?,14-/m1/s1. The van der Waals surface area contributed by atoms with E-state index in [9.17, 15) is 14.7 Å². The number of carboxylic acids is 1. The van der Waals surface area contributed by atoms with Gasteiger partial charge in [-0.05, 0) is 17.7 Å². The molecule has 1 saturated heterocycles. The molecule has 0 radical (unpaired) electrons. The number of thioether (sulfide) groups is 1. The monoisotopic (exact) mass is 349 g/mol. The maximum atomic E-state index is 11.6. The first-order chi connectivity index (χ1) is 11.0. The van der Waals surface area contributed by atoms with Gasteiger partial charge in [-0.2, -0.15) is 0 Å². The lowest BCUT2D eigenvalue weighted by molar-refractivity contribution is -0.591. The molecule has 8 heteroatoms. The Morgan fingerprint density at radius 3 is 3.04 bits per heavy atom. The molecule has 2 atom stereocenters. The Labute approximate surface area is 141 Å². The van der Waals surface area contributed by atoms with Crippen LogP contribution in [0.1, 0.15) is 6.42 Å². The highest BCUT2D eigenvalue weighted by Crippen LogP contribution is 2.40. The highest BCUT2D eigenvalue weighted by Gasteiger charge is 2.43. The molecular formula is C15H12ClN3O3S. The number of amides is 1. The van der Waals surface area contributed by atoms with Crippen LogP contribution in [-0.2, 0) is 16.1 Å². The fraction of sp³-hybridized carbons (Fsp3) is 0.267. The van der Waals surface area contributed by atoms with Crippen molar-refractivity contribution in [2.24, 2.45) is 0 Å². The Morgan fingerprint density at radius 1 is 1.48 bits per heavy atom. The van der Waals surface area contributed by atoms with Crippen molar-refractivity contribution in [1.29, 1.82) is 0 Å². The molecule has 4 rings (SSSR count). The van der Waals surface area contributed by atoms with Gasteiger partial charge in [0, 0.05) is 23.9 Å². The number of aliphatic carboxylic acids is 1. The van der Waals surface area contributed by atoms with Crippen LogP contribution < -0.4 is 9.67 Å². The van der Waals surface area contributed by atoms with Gasteiger partial charge in [0.2, 0.25) is 11.6 Å². The number of carbonyl (C=O) groups excluding carboxylic acids is 2. The van der Waals surface area contributed by atoms with Gasteiger partial charge in [-0.3, -0.25) is 9.69 Å². The Bertz CT molecular complexity index is 818. The first-order valence-corrected chi connectivity index (χ1v) is 8.41. The molecular weight excluding hydrogens is 338 g/mol. The first-order valence-electron chi connectivity index (χ1n) is 7.09. The van der Waals surface area contributed by atoms with Crippen LogP contribution in [0.4, 0.5) is 0 Å². The molecule has 4 heterocycles. The molecule has 0 N–H and O–H groups in total. The molecule has 23 heavy (non-hydrogen) atoms. The van der Waals surface area contributed by atoms with E-state index in [1.165, 1.54) is 4.90 Å². The average molecular weight is 350 g/mol. The third kappa shape index (κ3) is 2.40. The second-order valence-corrected chi connectivity index (χ2v) is 7.32. The Balaban J connectivity index is 1.60. The van der Waals surface area contributed by atoms with Crippen LogP contribution >= 0.6 is 23.4 Å².